The van der Waals surface area contributed by atoms with Crippen LogP contribution in [0.15, 0.2) is 36.4 Å². The van der Waals surface area contributed by atoms with Crippen LogP contribution in [0.1, 0.15) is 31.5 Å². The molecule has 5 rings (SSSR count). The van der Waals surface area contributed by atoms with Gasteiger partial charge in [0.05, 0.1) is 0 Å². The van der Waals surface area contributed by atoms with E-state index in [-0.39, 0.29) is 11.7 Å². The first-order chi connectivity index (χ1) is 14.6. The number of hydrogen-bond acceptors (Lipinski definition) is 6. The first-order valence-corrected chi connectivity index (χ1v) is 10.3. The van der Waals surface area contributed by atoms with Gasteiger partial charge in [-0.3, -0.25) is 4.79 Å². The molecule has 2 aliphatic rings. The number of nitrogens with zero attached hydrogens (tertiary/aromatic N) is 6. The van der Waals surface area contributed by atoms with E-state index in [0.29, 0.717) is 37.8 Å². The quantitative estimate of drug-likeness (QED) is 0.642. The summed E-state index contributed by atoms with van der Waals surface area (Å²) in [5.74, 6) is 2.35. The Labute approximate surface area is 173 Å². The van der Waals surface area contributed by atoms with Crippen molar-refractivity contribution in [2.75, 3.05) is 31.1 Å². The molecule has 0 spiro atoms. The maximum atomic E-state index is 13.0. The first-order valence-electron chi connectivity index (χ1n) is 10.3. The predicted octanol–water partition coefficient (Wildman–Crippen LogP) is 2.26. The highest BCUT2D eigenvalue weighted by molar-refractivity contribution is 5.81. The van der Waals surface area contributed by atoms with Crippen molar-refractivity contribution in [3.05, 3.63) is 48.0 Å². The van der Waals surface area contributed by atoms with Crippen LogP contribution in [0, 0.1) is 5.82 Å². The van der Waals surface area contributed by atoms with Crippen LogP contribution < -0.4 is 9.64 Å². The Kier molecular flexibility index (Phi) is 4.72. The minimum absolute atomic E-state index is 0.0720. The number of ether oxygens (including phenoxy) is 1. The van der Waals surface area contributed by atoms with E-state index in [1.807, 2.05) is 16.6 Å². The van der Waals surface area contributed by atoms with Crippen molar-refractivity contribution in [2.45, 2.75) is 31.8 Å². The fourth-order valence-electron chi connectivity index (χ4n) is 3.74. The van der Waals surface area contributed by atoms with E-state index in [1.54, 1.807) is 11.8 Å². The molecule has 1 saturated heterocycles. The van der Waals surface area contributed by atoms with Crippen LogP contribution in [0.25, 0.3) is 5.65 Å². The Hall–Kier alpha value is -3.23. The summed E-state index contributed by atoms with van der Waals surface area (Å²) >= 11 is 0. The summed E-state index contributed by atoms with van der Waals surface area (Å²) < 4.78 is 20.6. The summed E-state index contributed by atoms with van der Waals surface area (Å²) in [5.41, 5.74) is 0.765. The highest BCUT2D eigenvalue weighted by Crippen LogP contribution is 2.38. The average Bonchev–Trinajstić information content (AvgIpc) is 3.53. The Morgan fingerprint density at radius 1 is 1.07 bits per heavy atom. The first kappa shape index (κ1) is 18.8. The highest BCUT2D eigenvalue weighted by Gasteiger charge is 2.30. The molecule has 1 amide bonds. The van der Waals surface area contributed by atoms with Gasteiger partial charge in [-0.15, -0.1) is 15.3 Å². The summed E-state index contributed by atoms with van der Waals surface area (Å²) in [6.45, 7) is 4.28. The van der Waals surface area contributed by atoms with Crippen LogP contribution >= 0.6 is 0 Å². The van der Waals surface area contributed by atoms with Crippen molar-refractivity contribution >= 4 is 17.4 Å². The maximum Gasteiger partial charge on any atom is 0.263 e. The van der Waals surface area contributed by atoms with Crippen LogP contribution in [0.4, 0.5) is 10.2 Å². The molecule has 1 aliphatic heterocycles. The van der Waals surface area contributed by atoms with Gasteiger partial charge in [0.1, 0.15) is 17.4 Å². The number of carbonyl (C=O) groups is 1. The van der Waals surface area contributed by atoms with Gasteiger partial charge in [-0.25, -0.2) is 4.39 Å². The third-order valence-electron chi connectivity index (χ3n) is 5.60. The summed E-state index contributed by atoms with van der Waals surface area (Å²) in [6, 6.07) is 9.59. The van der Waals surface area contributed by atoms with Gasteiger partial charge in [-0.05, 0) is 56.2 Å². The Bertz CT molecular complexity index is 1060. The molecule has 1 saturated carbocycles. The number of carbonyl (C=O) groups excluding carboxylic acids is 1. The van der Waals surface area contributed by atoms with Gasteiger partial charge in [0.15, 0.2) is 17.6 Å². The predicted molar refractivity (Wildman–Crippen MR) is 108 cm³/mol. The minimum Gasteiger partial charge on any atom is -0.481 e. The average molecular weight is 410 g/mol. The number of benzene rings is 1. The third-order valence-corrected chi connectivity index (χ3v) is 5.60. The van der Waals surface area contributed by atoms with Gasteiger partial charge in [0, 0.05) is 32.1 Å². The number of rotatable bonds is 5. The Balaban J connectivity index is 1.21. The van der Waals surface area contributed by atoms with Crippen molar-refractivity contribution in [3.63, 3.8) is 0 Å². The van der Waals surface area contributed by atoms with E-state index in [9.17, 15) is 9.18 Å². The number of amides is 1. The largest absolute Gasteiger partial charge is 0.481 e. The standard InChI is InChI=1S/C21H23FN6O2/c1-14(30-17-6-4-16(22)5-7-17)21(29)27-12-10-26(11-13-27)19-9-8-18-23-24-20(15-2-3-15)28(18)25-19/h4-9,14-15H,2-3,10-13H2,1H3. The summed E-state index contributed by atoms with van der Waals surface area (Å²) in [5, 5.41) is 13.2. The van der Waals surface area contributed by atoms with Gasteiger partial charge >= 0.3 is 0 Å². The lowest BCUT2D eigenvalue weighted by Gasteiger charge is -2.36. The zero-order valence-corrected chi connectivity index (χ0v) is 16.7. The molecule has 9 heteroatoms. The van der Waals surface area contributed by atoms with Crippen molar-refractivity contribution in [1.82, 2.24) is 24.7 Å². The lowest BCUT2D eigenvalue weighted by atomic mass is 10.2. The van der Waals surface area contributed by atoms with Gasteiger partial charge < -0.3 is 14.5 Å². The summed E-state index contributed by atoms with van der Waals surface area (Å²) in [6.07, 6.45) is 1.66. The molecule has 1 unspecified atom stereocenters. The van der Waals surface area contributed by atoms with Crippen LogP contribution in [0.5, 0.6) is 5.75 Å². The van der Waals surface area contributed by atoms with E-state index >= 15 is 0 Å². The topological polar surface area (TPSA) is 75.9 Å². The third kappa shape index (κ3) is 3.67. The Morgan fingerprint density at radius 3 is 2.50 bits per heavy atom. The van der Waals surface area contributed by atoms with Crippen molar-refractivity contribution in [1.29, 1.82) is 0 Å². The van der Waals surface area contributed by atoms with Gasteiger partial charge in [-0.1, -0.05) is 0 Å². The molecule has 1 aromatic carbocycles. The zero-order chi connectivity index (χ0) is 20.7. The molecule has 3 aromatic rings. The highest BCUT2D eigenvalue weighted by atomic mass is 19.1. The monoisotopic (exact) mass is 410 g/mol. The van der Waals surface area contributed by atoms with E-state index in [2.05, 4.69) is 15.1 Å². The second-order valence-electron chi connectivity index (χ2n) is 7.82. The molecule has 0 radical (unpaired) electrons. The molecule has 1 atom stereocenters. The lowest BCUT2D eigenvalue weighted by Crippen LogP contribution is -2.52. The molecular formula is C21H23FN6O2. The van der Waals surface area contributed by atoms with Crippen LogP contribution in [-0.2, 0) is 4.79 Å². The molecule has 0 bridgehead atoms. The molecule has 3 heterocycles. The molecule has 1 aliphatic carbocycles. The van der Waals surface area contributed by atoms with Gasteiger partial charge in [0.2, 0.25) is 0 Å². The number of anilines is 1. The van der Waals surface area contributed by atoms with Crippen molar-refractivity contribution in [2.24, 2.45) is 0 Å². The zero-order valence-electron chi connectivity index (χ0n) is 16.7. The number of piperazine rings is 1. The second kappa shape index (κ2) is 7.55. The molecule has 2 aromatic heterocycles. The van der Waals surface area contributed by atoms with Gasteiger partial charge in [0.25, 0.3) is 5.91 Å². The molecule has 0 N–H and O–H groups in total. The van der Waals surface area contributed by atoms with E-state index in [1.165, 1.54) is 24.3 Å². The second-order valence-corrected chi connectivity index (χ2v) is 7.82. The fraction of sp³-hybridized carbons (Fsp3) is 0.429. The summed E-state index contributed by atoms with van der Waals surface area (Å²) in [7, 11) is 0. The summed E-state index contributed by atoms with van der Waals surface area (Å²) in [4.78, 5) is 16.7. The van der Waals surface area contributed by atoms with Gasteiger partial charge in [-0.2, -0.15) is 4.52 Å². The molecule has 2 fully saturated rings. The van der Waals surface area contributed by atoms with Crippen LogP contribution in [0.2, 0.25) is 0 Å². The normalized spacial score (nSPS) is 17.9. The van der Waals surface area contributed by atoms with Crippen LogP contribution in [0.3, 0.4) is 0 Å². The minimum atomic E-state index is -0.630. The Morgan fingerprint density at radius 2 is 1.80 bits per heavy atom. The fourth-order valence-corrected chi connectivity index (χ4v) is 3.74. The molecule has 8 nitrogen and oxygen atoms in total. The number of aromatic nitrogens is 4. The van der Waals surface area contributed by atoms with E-state index in [4.69, 9.17) is 9.84 Å². The lowest BCUT2D eigenvalue weighted by molar-refractivity contribution is -0.138. The molecule has 156 valence electrons. The molecular weight excluding hydrogens is 387 g/mol. The van der Waals surface area contributed by atoms with E-state index < -0.39 is 6.10 Å². The number of hydrogen-bond donors (Lipinski definition) is 0. The molecule has 30 heavy (non-hydrogen) atoms. The van der Waals surface area contributed by atoms with Crippen LogP contribution in [-0.4, -0.2) is 62.9 Å². The van der Waals surface area contributed by atoms with E-state index in [0.717, 1.165) is 30.1 Å². The SMILES string of the molecule is CC(Oc1ccc(F)cc1)C(=O)N1CCN(c2ccc3nnc(C4CC4)n3n2)CC1. The number of fused-ring (bicyclic) bond motifs is 1. The smallest absolute Gasteiger partial charge is 0.263 e. The van der Waals surface area contributed by atoms with Crippen molar-refractivity contribution in [3.8, 4) is 5.75 Å². The maximum absolute atomic E-state index is 13.0. The van der Waals surface area contributed by atoms with Crippen molar-refractivity contribution < 1.29 is 13.9 Å². The number of halogens is 1.